The van der Waals surface area contributed by atoms with Gasteiger partial charge in [0.1, 0.15) is 5.75 Å². The Labute approximate surface area is 114 Å². The Morgan fingerprint density at radius 2 is 2.11 bits per heavy atom. The first kappa shape index (κ1) is 15.5. The number of nitrogens with one attached hydrogen (secondary N) is 2. The van der Waals surface area contributed by atoms with Gasteiger partial charge >= 0.3 is 0 Å². The normalized spacial score (nSPS) is 11.2. The minimum atomic E-state index is -0.761. The molecule has 0 aliphatic heterocycles. The fraction of sp³-hybridized carbons (Fsp3) is 0.500. The minimum Gasteiger partial charge on any atom is -0.496 e. The van der Waals surface area contributed by atoms with E-state index in [2.05, 4.69) is 10.6 Å². The van der Waals surface area contributed by atoms with Crippen molar-refractivity contribution >= 4 is 11.6 Å². The van der Waals surface area contributed by atoms with E-state index in [-0.39, 0.29) is 5.91 Å². The maximum Gasteiger partial charge on any atom is 0.221 e. The molecule has 0 saturated carbocycles. The van der Waals surface area contributed by atoms with Crippen LogP contribution in [0.25, 0.3) is 0 Å². The molecular formula is C14H22N2O3. The van der Waals surface area contributed by atoms with Crippen LogP contribution in [0.2, 0.25) is 0 Å². The summed E-state index contributed by atoms with van der Waals surface area (Å²) < 4.78 is 5.27. The summed E-state index contributed by atoms with van der Waals surface area (Å²) in [6.07, 6.45) is 0. The van der Waals surface area contributed by atoms with Crippen molar-refractivity contribution in [1.82, 2.24) is 5.32 Å². The Kier molecular flexibility index (Phi) is 5.32. The number of carbonyl (C=O) groups is 1. The highest BCUT2D eigenvalue weighted by Crippen LogP contribution is 2.22. The van der Waals surface area contributed by atoms with Crippen molar-refractivity contribution in [2.75, 3.05) is 19.0 Å². The molecule has 0 fully saturated rings. The number of hydrogen-bond acceptors (Lipinski definition) is 4. The average Bonchev–Trinajstić information content (AvgIpc) is 2.27. The van der Waals surface area contributed by atoms with Crippen molar-refractivity contribution in [1.29, 1.82) is 0 Å². The highest BCUT2D eigenvalue weighted by molar-refractivity contribution is 5.88. The Balaban J connectivity index is 2.75. The van der Waals surface area contributed by atoms with E-state index in [1.807, 2.05) is 12.1 Å². The SMILES string of the molecule is COc1ccc(NC(C)=O)cc1CNCC(C)(C)O. The zero-order valence-electron chi connectivity index (χ0n) is 11.9. The van der Waals surface area contributed by atoms with Crippen LogP contribution in [0.1, 0.15) is 26.3 Å². The lowest BCUT2D eigenvalue weighted by Crippen LogP contribution is -2.34. The second-order valence-electron chi connectivity index (χ2n) is 5.12. The molecule has 1 rings (SSSR count). The number of carbonyl (C=O) groups excluding carboxylic acids is 1. The van der Waals surface area contributed by atoms with Crippen LogP contribution in [0.4, 0.5) is 5.69 Å². The second-order valence-corrected chi connectivity index (χ2v) is 5.12. The molecule has 5 nitrogen and oxygen atoms in total. The molecule has 0 unspecified atom stereocenters. The van der Waals surface area contributed by atoms with E-state index in [0.29, 0.717) is 13.1 Å². The standard InChI is InChI=1S/C14H22N2O3/c1-10(17)16-12-5-6-13(19-4)11(7-12)8-15-9-14(2,3)18/h5-7,15,18H,8-9H2,1-4H3,(H,16,17). The van der Waals surface area contributed by atoms with Gasteiger partial charge in [-0.25, -0.2) is 0 Å². The van der Waals surface area contributed by atoms with Gasteiger partial charge in [-0.1, -0.05) is 0 Å². The smallest absolute Gasteiger partial charge is 0.221 e. The average molecular weight is 266 g/mol. The lowest BCUT2D eigenvalue weighted by atomic mass is 10.1. The highest BCUT2D eigenvalue weighted by Gasteiger charge is 2.12. The largest absolute Gasteiger partial charge is 0.496 e. The number of ether oxygens (including phenoxy) is 1. The van der Waals surface area contributed by atoms with Gasteiger partial charge in [0, 0.05) is 31.3 Å². The van der Waals surface area contributed by atoms with Gasteiger partial charge in [-0.15, -0.1) is 0 Å². The van der Waals surface area contributed by atoms with Crippen molar-refractivity contribution in [3.05, 3.63) is 23.8 Å². The van der Waals surface area contributed by atoms with Crippen LogP contribution in [0.3, 0.4) is 0 Å². The predicted octanol–water partition coefficient (Wildman–Crippen LogP) is 1.51. The van der Waals surface area contributed by atoms with E-state index in [9.17, 15) is 9.90 Å². The first-order valence-electron chi connectivity index (χ1n) is 6.19. The summed E-state index contributed by atoms with van der Waals surface area (Å²) in [6.45, 7) is 5.98. The maximum absolute atomic E-state index is 11.0. The van der Waals surface area contributed by atoms with E-state index in [1.54, 1.807) is 27.0 Å². The van der Waals surface area contributed by atoms with E-state index in [0.717, 1.165) is 17.0 Å². The Bertz CT molecular complexity index is 439. The van der Waals surface area contributed by atoms with Crippen molar-refractivity contribution in [3.8, 4) is 5.75 Å². The molecule has 0 aliphatic rings. The molecule has 0 spiro atoms. The lowest BCUT2D eigenvalue weighted by Gasteiger charge is -2.18. The number of amides is 1. The molecule has 0 atom stereocenters. The van der Waals surface area contributed by atoms with Crippen LogP contribution in [0.5, 0.6) is 5.75 Å². The summed E-state index contributed by atoms with van der Waals surface area (Å²) in [5, 5.41) is 15.5. The van der Waals surface area contributed by atoms with Crippen LogP contribution in [-0.2, 0) is 11.3 Å². The predicted molar refractivity (Wildman–Crippen MR) is 75.3 cm³/mol. The van der Waals surface area contributed by atoms with Gasteiger partial charge in [0.15, 0.2) is 0 Å². The van der Waals surface area contributed by atoms with E-state index in [1.165, 1.54) is 6.92 Å². The molecule has 0 bridgehead atoms. The molecule has 0 heterocycles. The molecule has 5 heteroatoms. The van der Waals surface area contributed by atoms with Crippen LogP contribution in [-0.4, -0.2) is 30.3 Å². The molecular weight excluding hydrogens is 244 g/mol. The number of aliphatic hydroxyl groups is 1. The number of methoxy groups -OCH3 is 1. The summed E-state index contributed by atoms with van der Waals surface area (Å²) in [5.41, 5.74) is 0.897. The lowest BCUT2D eigenvalue weighted by molar-refractivity contribution is -0.114. The van der Waals surface area contributed by atoms with Gasteiger partial charge in [-0.05, 0) is 32.0 Å². The molecule has 1 aromatic carbocycles. The van der Waals surface area contributed by atoms with Gasteiger partial charge in [0.25, 0.3) is 0 Å². The third-order valence-corrected chi connectivity index (χ3v) is 2.47. The van der Waals surface area contributed by atoms with Gasteiger partial charge in [-0.3, -0.25) is 4.79 Å². The third-order valence-electron chi connectivity index (χ3n) is 2.47. The summed E-state index contributed by atoms with van der Waals surface area (Å²) in [7, 11) is 1.60. The Morgan fingerprint density at radius 3 is 2.63 bits per heavy atom. The summed E-state index contributed by atoms with van der Waals surface area (Å²) in [5.74, 6) is 0.637. The molecule has 1 amide bonds. The molecule has 106 valence electrons. The molecule has 0 aromatic heterocycles. The zero-order chi connectivity index (χ0) is 14.5. The first-order chi connectivity index (χ1) is 8.81. The summed E-state index contributed by atoms with van der Waals surface area (Å²) in [4.78, 5) is 11.0. The number of rotatable bonds is 6. The van der Waals surface area contributed by atoms with Gasteiger partial charge < -0.3 is 20.5 Å². The van der Waals surface area contributed by atoms with Crippen LogP contribution < -0.4 is 15.4 Å². The highest BCUT2D eigenvalue weighted by atomic mass is 16.5. The van der Waals surface area contributed by atoms with E-state index < -0.39 is 5.60 Å². The fourth-order valence-electron chi connectivity index (χ4n) is 1.70. The fourth-order valence-corrected chi connectivity index (χ4v) is 1.70. The second kappa shape index (κ2) is 6.54. The molecule has 0 saturated heterocycles. The van der Waals surface area contributed by atoms with Crippen molar-refractivity contribution in [2.24, 2.45) is 0 Å². The van der Waals surface area contributed by atoms with Crippen molar-refractivity contribution in [2.45, 2.75) is 32.9 Å². The van der Waals surface area contributed by atoms with E-state index >= 15 is 0 Å². The van der Waals surface area contributed by atoms with Crippen molar-refractivity contribution in [3.63, 3.8) is 0 Å². The Morgan fingerprint density at radius 1 is 1.42 bits per heavy atom. The molecule has 3 N–H and O–H groups in total. The molecule has 0 radical (unpaired) electrons. The molecule has 1 aromatic rings. The van der Waals surface area contributed by atoms with Gasteiger partial charge in [-0.2, -0.15) is 0 Å². The third kappa shape index (κ3) is 5.72. The van der Waals surface area contributed by atoms with Gasteiger partial charge in [0.2, 0.25) is 5.91 Å². The maximum atomic E-state index is 11.0. The first-order valence-corrected chi connectivity index (χ1v) is 6.19. The Hall–Kier alpha value is -1.59. The minimum absolute atomic E-state index is 0.111. The summed E-state index contributed by atoms with van der Waals surface area (Å²) >= 11 is 0. The van der Waals surface area contributed by atoms with Crippen LogP contribution in [0.15, 0.2) is 18.2 Å². The zero-order valence-corrected chi connectivity index (χ0v) is 11.9. The molecule has 19 heavy (non-hydrogen) atoms. The number of anilines is 1. The van der Waals surface area contributed by atoms with Gasteiger partial charge in [0.05, 0.1) is 12.7 Å². The van der Waals surface area contributed by atoms with E-state index in [4.69, 9.17) is 4.74 Å². The quantitative estimate of drug-likeness (QED) is 0.730. The van der Waals surface area contributed by atoms with Crippen LogP contribution in [0, 0.1) is 0 Å². The monoisotopic (exact) mass is 266 g/mol. The van der Waals surface area contributed by atoms with Crippen LogP contribution >= 0.6 is 0 Å². The summed E-state index contributed by atoms with van der Waals surface area (Å²) in [6, 6.07) is 5.46. The number of benzene rings is 1. The van der Waals surface area contributed by atoms with Crippen molar-refractivity contribution < 1.29 is 14.6 Å². The number of hydrogen-bond donors (Lipinski definition) is 3. The topological polar surface area (TPSA) is 70.6 Å². The molecule has 0 aliphatic carbocycles.